The van der Waals surface area contributed by atoms with Gasteiger partial charge in [0.2, 0.25) is 0 Å². The number of rotatable bonds is 12. The molecule has 1 saturated heterocycles. The molecule has 5 unspecified atom stereocenters. The van der Waals surface area contributed by atoms with Crippen LogP contribution < -0.4 is 10.5 Å². The minimum atomic E-state index is -2.00. The molecule has 2 aromatic carbocycles. The molecule has 45 heavy (non-hydrogen) atoms. The highest BCUT2D eigenvalue weighted by Gasteiger charge is 2.53. The van der Waals surface area contributed by atoms with Crippen molar-refractivity contribution in [3.8, 4) is 23.0 Å². The number of carbonyl (C=O) groups excluding carboxylic acids is 2. The summed E-state index contributed by atoms with van der Waals surface area (Å²) in [6.45, 7) is 0.0806. The third-order valence-electron chi connectivity index (χ3n) is 7.53. The first kappa shape index (κ1) is 33.6. The fraction of sp³-hybridized carbons (Fsp3) is 0.406. The molecule has 0 radical (unpaired) electrons. The first-order chi connectivity index (χ1) is 21.5. The maximum atomic E-state index is 13.1. The average molecular weight is 628 g/mol. The molecular weight excluding hydrogens is 590 g/mol. The minimum Gasteiger partial charge on any atom is -0.504 e. The lowest BCUT2D eigenvalue weighted by Gasteiger charge is -2.45. The predicted molar refractivity (Wildman–Crippen MR) is 160 cm³/mol. The van der Waals surface area contributed by atoms with Gasteiger partial charge in [-0.05, 0) is 60.4 Å². The largest absolute Gasteiger partial charge is 0.504 e. The molecule has 1 heterocycles. The number of aliphatic carboxylic acids is 1. The van der Waals surface area contributed by atoms with Gasteiger partial charge in [0.15, 0.2) is 40.2 Å². The monoisotopic (exact) mass is 627 g/mol. The standard InChI is InChI=1S/C32H37NO12/c33-11-13-42-27-10-6-19(15-25(27)38)3-7-21(34)18-44-32(31(40)41)16-26(39)30-29(17-32)45-28(2-1-12-43-30)23(36)9-5-20-4-8-22(35)24(37)14-20/h3-10,14-15,26,28-30,35,37-39H,1-2,11-13,16-18,33H2,(H,40,41). The number of aromatic hydroxyl groups is 3. The van der Waals surface area contributed by atoms with E-state index in [2.05, 4.69) is 0 Å². The minimum absolute atomic E-state index is 0.141. The SMILES string of the molecule is NCCOc1ccc(C=CC(=O)COC2(C(=O)O)CC(O)C3OCCCC(C(=O)C=Cc4ccc(O)c(O)c4)OC3C2)cc1O. The summed E-state index contributed by atoms with van der Waals surface area (Å²) in [6.07, 6.45) is 1.10. The number of fused-ring (bicyclic) bond motifs is 1. The van der Waals surface area contributed by atoms with Gasteiger partial charge < -0.3 is 50.2 Å². The second-order valence-corrected chi connectivity index (χ2v) is 10.9. The van der Waals surface area contributed by atoms with Crippen LogP contribution in [0.3, 0.4) is 0 Å². The summed E-state index contributed by atoms with van der Waals surface area (Å²) in [4.78, 5) is 38.2. The lowest BCUT2D eigenvalue weighted by atomic mass is 9.78. The normalized spacial score (nSPS) is 25.4. The van der Waals surface area contributed by atoms with Crippen molar-refractivity contribution in [3.05, 3.63) is 59.7 Å². The highest BCUT2D eigenvalue weighted by Crippen LogP contribution is 2.38. The van der Waals surface area contributed by atoms with Crippen LogP contribution in [-0.4, -0.2) is 99.5 Å². The molecule has 1 saturated carbocycles. The molecule has 2 fully saturated rings. The number of nitrogens with two attached hydrogens (primary N) is 1. The average Bonchev–Trinajstić information content (AvgIpc) is 2.99. The van der Waals surface area contributed by atoms with Gasteiger partial charge in [0, 0.05) is 26.0 Å². The van der Waals surface area contributed by atoms with E-state index in [4.69, 9.17) is 24.7 Å². The molecule has 1 aliphatic heterocycles. The molecule has 2 aliphatic rings. The number of aliphatic hydroxyl groups excluding tert-OH is 1. The van der Waals surface area contributed by atoms with E-state index in [-0.39, 0.29) is 62.0 Å². The van der Waals surface area contributed by atoms with E-state index in [1.807, 2.05) is 0 Å². The highest BCUT2D eigenvalue weighted by atomic mass is 16.6. The number of benzene rings is 2. The lowest BCUT2D eigenvalue weighted by molar-refractivity contribution is -0.225. The molecule has 4 rings (SSSR count). The molecular formula is C32H37NO12. The summed E-state index contributed by atoms with van der Waals surface area (Å²) in [7, 11) is 0. The molecule has 0 aromatic heterocycles. The van der Waals surface area contributed by atoms with Gasteiger partial charge in [0.05, 0.1) is 12.2 Å². The summed E-state index contributed by atoms with van der Waals surface area (Å²) in [6, 6.07) is 8.60. The smallest absolute Gasteiger partial charge is 0.336 e. The zero-order chi connectivity index (χ0) is 32.6. The Morgan fingerprint density at radius 2 is 1.69 bits per heavy atom. The molecule has 7 N–H and O–H groups in total. The first-order valence-corrected chi connectivity index (χ1v) is 14.4. The van der Waals surface area contributed by atoms with Gasteiger partial charge in [-0.2, -0.15) is 0 Å². The number of hydrogen-bond acceptors (Lipinski definition) is 12. The fourth-order valence-corrected chi connectivity index (χ4v) is 5.21. The molecule has 242 valence electrons. The van der Waals surface area contributed by atoms with Crippen molar-refractivity contribution >= 4 is 29.7 Å². The van der Waals surface area contributed by atoms with Gasteiger partial charge in [-0.15, -0.1) is 0 Å². The molecule has 0 spiro atoms. The maximum absolute atomic E-state index is 13.1. The Kier molecular flexibility index (Phi) is 11.3. The summed E-state index contributed by atoms with van der Waals surface area (Å²) in [5.74, 6) is -2.94. The Labute approximate surface area is 259 Å². The van der Waals surface area contributed by atoms with Crippen molar-refractivity contribution in [2.75, 3.05) is 26.4 Å². The maximum Gasteiger partial charge on any atom is 0.336 e. The van der Waals surface area contributed by atoms with Crippen LogP contribution in [0.2, 0.25) is 0 Å². The molecule has 1 aliphatic carbocycles. The van der Waals surface area contributed by atoms with Crippen molar-refractivity contribution < 1.29 is 58.9 Å². The zero-order valence-corrected chi connectivity index (χ0v) is 24.4. The van der Waals surface area contributed by atoms with Gasteiger partial charge in [-0.1, -0.05) is 24.3 Å². The lowest BCUT2D eigenvalue weighted by Crippen LogP contribution is -2.60. The van der Waals surface area contributed by atoms with Gasteiger partial charge in [0.1, 0.15) is 25.4 Å². The van der Waals surface area contributed by atoms with Crippen molar-refractivity contribution in [1.29, 1.82) is 0 Å². The van der Waals surface area contributed by atoms with Crippen molar-refractivity contribution in [1.82, 2.24) is 0 Å². The third kappa shape index (κ3) is 8.68. The third-order valence-corrected chi connectivity index (χ3v) is 7.53. The Morgan fingerprint density at radius 3 is 2.38 bits per heavy atom. The second kappa shape index (κ2) is 15.1. The number of ether oxygens (including phenoxy) is 4. The summed E-state index contributed by atoms with van der Waals surface area (Å²) in [5.41, 5.74) is 4.34. The van der Waals surface area contributed by atoms with Crippen LogP contribution in [-0.2, 0) is 28.6 Å². The van der Waals surface area contributed by atoms with Crippen LogP contribution in [0.4, 0.5) is 0 Å². The number of phenolic OH excluding ortho intramolecular Hbond substituents is 3. The Bertz CT molecular complexity index is 1440. The van der Waals surface area contributed by atoms with E-state index in [0.29, 0.717) is 17.5 Å². The molecule has 0 amide bonds. The number of carbonyl (C=O) groups is 3. The first-order valence-electron chi connectivity index (χ1n) is 14.4. The Morgan fingerprint density at radius 1 is 0.978 bits per heavy atom. The number of carboxylic acid groups (broad SMARTS) is 1. The quantitative estimate of drug-likeness (QED) is 0.147. The van der Waals surface area contributed by atoms with Gasteiger partial charge in [-0.25, -0.2) is 4.79 Å². The fourth-order valence-electron chi connectivity index (χ4n) is 5.21. The number of ketones is 2. The van der Waals surface area contributed by atoms with Gasteiger partial charge in [0.25, 0.3) is 0 Å². The van der Waals surface area contributed by atoms with Crippen molar-refractivity contribution in [3.63, 3.8) is 0 Å². The topological polar surface area (TPSA) is 215 Å². The number of phenols is 3. The van der Waals surface area contributed by atoms with E-state index in [1.54, 1.807) is 6.07 Å². The van der Waals surface area contributed by atoms with E-state index in [1.165, 1.54) is 54.6 Å². The molecule has 13 heteroatoms. The van der Waals surface area contributed by atoms with Crippen LogP contribution in [0.25, 0.3) is 12.2 Å². The number of aliphatic hydroxyl groups is 1. The molecule has 5 atom stereocenters. The zero-order valence-electron chi connectivity index (χ0n) is 24.4. The van der Waals surface area contributed by atoms with Crippen LogP contribution >= 0.6 is 0 Å². The summed E-state index contributed by atoms with van der Waals surface area (Å²) in [5, 5.41) is 50.4. The van der Waals surface area contributed by atoms with E-state index in [0.717, 1.165) is 0 Å². The van der Waals surface area contributed by atoms with E-state index in [9.17, 15) is 39.9 Å². The molecule has 0 bridgehead atoms. The molecule has 13 nitrogen and oxygen atoms in total. The summed E-state index contributed by atoms with van der Waals surface area (Å²) < 4.78 is 22.8. The second-order valence-electron chi connectivity index (χ2n) is 10.9. The van der Waals surface area contributed by atoms with Crippen molar-refractivity contribution in [2.45, 2.75) is 55.7 Å². The van der Waals surface area contributed by atoms with Crippen LogP contribution in [0, 0.1) is 0 Å². The number of hydrogen-bond donors (Lipinski definition) is 6. The highest BCUT2D eigenvalue weighted by molar-refractivity contribution is 5.97. The predicted octanol–water partition coefficient (Wildman–Crippen LogP) is 1.93. The van der Waals surface area contributed by atoms with E-state index >= 15 is 0 Å². The van der Waals surface area contributed by atoms with E-state index < -0.39 is 54.2 Å². The van der Waals surface area contributed by atoms with Gasteiger partial charge in [-0.3, -0.25) is 9.59 Å². The van der Waals surface area contributed by atoms with Crippen molar-refractivity contribution in [2.24, 2.45) is 5.73 Å². The Balaban J connectivity index is 1.43. The summed E-state index contributed by atoms with van der Waals surface area (Å²) >= 11 is 0. The van der Waals surface area contributed by atoms with Crippen LogP contribution in [0.5, 0.6) is 23.0 Å². The molecule has 2 aromatic rings. The van der Waals surface area contributed by atoms with Crippen LogP contribution in [0.1, 0.15) is 36.8 Å². The Hall–Kier alpha value is -4.27. The van der Waals surface area contributed by atoms with Crippen LogP contribution in [0.15, 0.2) is 48.6 Å². The number of carboxylic acids is 1. The van der Waals surface area contributed by atoms with Gasteiger partial charge >= 0.3 is 5.97 Å².